The fourth-order valence-corrected chi connectivity index (χ4v) is 13.4. The fraction of sp³-hybridized carbons (Fsp3) is 0.197. The summed E-state index contributed by atoms with van der Waals surface area (Å²) in [5, 5.41) is 8.90. The Morgan fingerprint density at radius 1 is 0.376 bits per heavy atom. The maximum Gasteiger partial charge on any atom is 2.00 e. The monoisotopic (exact) mass is 1680 g/mol. The van der Waals surface area contributed by atoms with E-state index in [4.69, 9.17) is 10.1 Å². The van der Waals surface area contributed by atoms with Crippen LogP contribution in [0.25, 0.3) is 5.32 Å². The predicted octanol–water partition coefficient (Wildman–Crippen LogP) is 21.2. The molecule has 1 radical (unpaired) electrons. The third-order valence-corrected chi connectivity index (χ3v) is 18.0. The van der Waals surface area contributed by atoms with Crippen LogP contribution in [0, 0.1) is 0 Å². The van der Waals surface area contributed by atoms with Gasteiger partial charge in [0.25, 0.3) is 0 Å². The summed E-state index contributed by atoms with van der Waals surface area (Å²) in [7, 11) is -0.675. The average molecular weight is 1680 g/mol. The summed E-state index contributed by atoms with van der Waals surface area (Å²) in [6.45, 7) is 0.596. The van der Waals surface area contributed by atoms with Gasteiger partial charge in [0, 0.05) is 31.6 Å². The molecule has 0 spiro atoms. The Kier molecular flexibility index (Phi) is 26.9. The van der Waals surface area contributed by atoms with Crippen LogP contribution < -0.4 is 32.5 Å². The Morgan fingerprint density at radius 3 is 0.911 bits per heavy atom. The molecule has 2 aliphatic carbocycles. The minimum Gasteiger partial charge on any atom is -0.644 e. The zero-order valence-corrected chi connectivity index (χ0v) is 55.7. The fourth-order valence-electron chi connectivity index (χ4n) is 11.0. The Labute approximate surface area is 587 Å². The van der Waals surface area contributed by atoms with Crippen molar-refractivity contribution in [1.29, 1.82) is 0 Å². The van der Waals surface area contributed by atoms with E-state index in [1.54, 1.807) is 0 Å². The van der Waals surface area contributed by atoms with E-state index >= 15 is 0 Å². The van der Waals surface area contributed by atoms with Crippen LogP contribution in [-0.4, -0.2) is 12.8 Å². The normalized spacial score (nSPS) is 16.2. The zero-order chi connectivity index (χ0) is 72.6. The molecule has 539 valence electrons. The summed E-state index contributed by atoms with van der Waals surface area (Å²) >= 11 is 0. The number of rotatable bonds is 8. The molecular weight excluding hydrogens is 1630 g/mol. The SMILES string of the molecule is C1=CC(=C2[N-]C(c3ccccc3)CO2)C(P(c2ccccc2)c2ccccc2)=C1.C1=CCC/C=C\CC1.FC(F)(F)c1cc([B-](c2cc(C(F)(F)F)cc(C(F)(F)F)c2)(c2cc(C(F)(F)F)cc(C(F)(F)F)c2)c2cc(C(F)(F)F)cc(C(F)(F)F)c2)cc(C(F)(F)F)c1.[Fe+2].[Ir].c1cc[cH-]c1. The molecule has 0 saturated carbocycles. The van der Waals surface area contributed by atoms with Crippen LogP contribution in [0.4, 0.5) is 105 Å². The second-order valence-electron chi connectivity index (χ2n) is 22.3. The van der Waals surface area contributed by atoms with Crippen molar-refractivity contribution >= 4 is 46.5 Å². The van der Waals surface area contributed by atoms with Gasteiger partial charge in [0.2, 0.25) is 0 Å². The van der Waals surface area contributed by atoms with Crippen molar-refractivity contribution in [3.05, 3.63) is 309 Å². The van der Waals surface area contributed by atoms with Crippen molar-refractivity contribution < 1.29 is 147 Å². The van der Waals surface area contributed by atoms with Crippen LogP contribution in [0.1, 0.15) is 81.8 Å². The molecule has 1 fully saturated rings. The number of hydrogen-bond donors (Lipinski definition) is 0. The number of allylic oxidation sites excluding steroid dienone is 9. The number of benzene rings is 7. The van der Waals surface area contributed by atoms with Gasteiger partial charge < -0.3 is 10.1 Å². The van der Waals surface area contributed by atoms with E-state index in [0.717, 1.165) is 11.5 Å². The molecule has 0 amide bonds. The van der Waals surface area contributed by atoms with Gasteiger partial charge in [-0.05, 0) is 73.8 Å². The van der Waals surface area contributed by atoms with Gasteiger partial charge in [-0.15, -0.1) is 0 Å². The number of nitrogens with zero attached hydrogens (tertiary/aromatic N) is 1. The molecule has 101 heavy (non-hydrogen) atoms. The molecule has 1 saturated heterocycles. The van der Waals surface area contributed by atoms with Crippen LogP contribution in [0.5, 0.6) is 0 Å². The molecule has 1 unspecified atom stereocenters. The zero-order valence-electron chi connectivity index (χ0n) is 51.3. The molecule has 30 heteroatoms. The molecule has 11 rings (SSSR count). The topological polar surface area (TPSA) is 23.3 Å². The number of alkyl halides is 24. The first-order valence-corrected chi connectivity index (χ1v) is 30.7. The van der Waals surface area contributed by atoms with E-state index in [1.807, 2.05) is 36.4 Å². The van der Waals surface area contributed by atoms with E-state index in [9.17, 15) is 105 Å². The maximum atomic E-state index is 14.2. The van der Waals surface area contributed by atoms with E-state index in [2.05, 4.69) is 127 Å². The quantitative estimate of drug-likeness (QED) is 0.0489. The summed E-state index contributed by atoms with van der Waals surface area (Å²) in [4.78, 5) is 0. The molecular formula is C71H50BF24FeIrNOP-. The molecule has 1 heterocycles. The molecule has 8 aromatic rings. The van der Waals surface area contributed by atoms with Gasteiger partial charge in [-0.1, -0.05) is 194 Å². The summed E-state index contributed by atoms with van der Waals surface area (Å²) in [5.74, 6) is 0.762. The van der Waals surface area contributed by atoms with Gasteiger partial charge >= 0.3 is 66.5 Å². The second-order valence-corrected chi connectivity index (χ2v) is 24.5. The summed E-state index contributed by atoms with van der Waals surface area (Å²) in [5.41, 5.74) is -27.9. The summed E-state index contributed by atoms with van der Waals surface area (Å²) < 4.78 is 347. The molecule has 1 atom stereocenters. The average Bonchev–Trinajstić information content (AvgIpc) is 1.44. The van der Waals surface area contributed by atoms with Crippen molar-refractivity contribution in [1.82, 2.24) is 0 Å². The molecule has 0 bridgehead atoms. The molecule has 2 nitrogen and oxygen atoms in total. The van der Waals surface area contributed by atoms with Crippen molar-refractivity contribution in [3.63, 3.8) is 0 Å². The number of halogens is 24. The van der Waals surface area contributed by atoms with E-state index < -0.39 is 203 Å². The van der Waals surface area contributed by atoms with Crippen LogP contribution in [-0.2, 0) is 91.3 Å². The first kappa shape index (κ1) is 82.1. The molecule has 1 aliphatic heterocycles. The van der Waals surface area contributed by atoms with Crippen LogP contribution in [0.15, 0.2) is 253 Å². The Hall–Kier alpha value is -7.83. The number of ether oxygens (including phenoxy) is 1. The van der Waals surface area contributed by atoms with Gasteiger partial charge in [0.05, 0.1) is 51.1 Å². The molecule has 0 N–H and O–H groups in total. The van der Waals surface area contributed by atoms with Gasteiger partial charge in [0.1, 0.15) is 6.15 Å². The smallest absolute Gasteiger partial charge is 0.644 e. The molecule has 0 aromatic heterocycles. The van der Waals surface area contributed by atoms with Gasteiger partial charge in [-0.2, -0.15) is 145 Å². The second kappa shape index (κ2) is 33.1. The standard InChI is InChI=1S/C32H12BF24.C26H21NOP.C8H12.C5H5.Fe.Ir/c34-25(35,36)13-1-14(26(37,38)39)6-21(5-13)33(22-7-15(27(40,41)42)2-16(8-22)28(43,44)45,23-9-17(29(46,47)48)3-18(10-23)30(49,50)51)24-11-19(31(52,53)54)4-20(12-24)32(55,56)57;1-4-11-20(12-5-1)24-19-28-26(27-24)23-17-10-18-25(23)29(21-13-6-2-7-14-21)22-15-8-3-9-16-22;1-2-4-6-8-7-5-3-1;1-2-4-5-3-1;;/h1-12H;1-18,24H,19H2;1-2,7-8H,3-6H2;1-5H;;/q2*-1;;-1;+2;/b;;2-1-,8-7?;;;. The third kappa shape index (κ3) is 21.2. The van der Waals surface area contributed by atoms with Crippen molar-refractivity contribution in [2.45, 2.75) is 81.1 Å². The predicted molar refractivity (Wildman–Crippen MR) is 331 cm³/mol. The van der Waals surface area contributed by atoms with Crippen molar-refractivity contribution in [2.75, 3.05) is 6.61 Å². The first-order chi connectivity index (χ1) is 46.2. The first-order valence-electron chi connectivity index (χ1n) is 29.4. The van der Waals surface area contributed by atoms with E-state index in [0.29, 0.717) is 6.61 Å². The maximum absolute atomic E-state index is 14.2. The van der Waals surface area contributed by atoms with Crippen molar-refractivity contribution in [2.24, 2.45) is 0 Å². The van der Waals surface area contributed by atoms with Crippen molar-refractivity contribution in [3.8, 4) is 0 Å². The van der Waals surface area contributed by atoms with Crippen LogP contribution in [0.2, 0.25) is 0 Å². The molecule has 8 aromatic carbocycles. The van der Waals surface area contributed by atoms with E-state index in [1.165, 1.54) is 47.2 Å². The van der Waals surface area contributed by atoms with Crippen LogP contribution >= 0.6 is 7.92 Å². The number of hydrogen-bond acceptors (Lipinski definition) is 1. The Morgan fingerprint density at radius 2 is 0.653 bits per heavy atom. The minimum absolute atomic E-state index is 0. The van der Waals surface area contributed by atoms with Gasteiger partial charge in [-0.3, -0.25) is 0 Å². The summed E-state index contributed by atoms with van der Waals surface area (Å²) in [6, 6.07) is 33.1. The van der Waals surface area contributed by atoms with Gasteiger partial charge in [0.15, 0.2) is 0 Å². The van der Waals surface area contributed by atoms with Gasteiger partial charge in [-0.25, -0.2) is 12.1 Å². The van der Waals surface area contributed by atoms with E-state index in [-0.39, 0.29) is 43.2 Å². The Balaban J connectivity index is 0.000000297. The molecule has 3 aliphatic rings. The largest absolute Gasteiger partial charge is 2.00 e. The third-order valence-electron chi connectivity index (χ3n) is 15.5. The Bertz CT molecular complexity index is 3670. The summed E-state index contributed by atoms with van der Waals surface area (Å²) in [6.07, 6.45) is -34.3. The minimum atomic E-state index is -6.13. The van der Waals surface area contributed by atoms with Crippen LogP contribution in [0.3, 0.4) is 0 Å².